The number of furan rings is 2. The number of amidine groups is 2. The second kappa shape index (κ2) is 11.3. The molecule has 10 aromatic rings. The van der Waals surface area contributed by atoms with Crippen molar-refractivity contribution in [1.29, 1.82) is 0 Å². The van der Waals surface area contributed by atoms with E-state index >= 15 is 0 Å². The summed E-state index contributed by atoms with van der Waals surface area (Å²) in [4.78, 5) is 10.6. The fourth-order valence-electron chi connectivity index (χ4n) is 7.94. The molecule has 5 heteroatoms. The first-order valence-corrected chi connectivity index (χ1v) is 17.5. The molecule has 0 bridgehead atoms. The van der Waals surface area contributed by atoms with Crippen LogP contribution in [0.2, 0.25) is 0 Å². The zero-order valence-corrected chi connectivity index (χ0v) is 27.9. The number of nitrogens with one attached hydrogen (secondary N) is 1. The number of hydrogen-bond acceptors (Lipinski definition) is 5. The maximum Gasteiger partial charge on any atom is 0.160 e. The van der Waals surface area contributed by atoms with Crippen molar-refractivity contribution in [2.45, 2.75) is 6.17 Å². The molecule has 1 aliphatic rings. The minimum Gasteiger partial charge on any atom is -0.456 e. The Morgan fingerprint density at radius 3 is 2.06 bits per heavy atom. The second-order valence-electron chi connectivity index (χ2n) is 13.3. The predicted molar refractivity (Wildman–Crippen MR) is 213 cm³/mol. The van der Waals surface area contributed by atoms with Crippen molar-refractivity contribution < 1.29 is 8.83 Å². The van der Waals surface area contributed by atoms with E-state index in [1.165, 1.54) is 16.2 Å². The van der Waals surface area contributed by atoms with E-state index in [-0.39, 0.29) is 6.17 Å². The molecule has 1 atom stereocenters. The van der Waals surface area contributed by atoms with Crippen molar-refractivity contribution in [2.24, 2.45) is 9.98 Å². The lowest BCUT2D eigenvalue weighted by molar-refractivity contribution is 0.668. The third-order valence-corrected chi connectivity index (χ3v) is 10.3. The molecular formula is C47H29N3O2. The number of fused-ring (bicyclic) bond motifs is 9. The Morgan fingerprint density at radius 1 is 0.462 bits per heavy atom. The molecule has 0 fully saturated rings. The zero-order valence-electron chi connectivity index (χ0n) is 27.9. The van der Waals surface area contributed by atoms with Gasteiger partial charge >= 0.3 is 0 Å². The van der Waals surface area contributed by atoms with Gasteiger partial charge in [-0.15, -0.1) is 0 Å². The van der Waals surface area contributed by atoms with Crippen LogP contribution in [0.5, 0.6) is 0 Å². The number of nitrogens with zero attached hydrogens (tertiary/aromatic N) is 2. The number of rotatable bonds is 4. The van der Waals surface area contributed by atoms with E-state index in [4.69, 9.17) is 18.8 Å². The molecule has 1 N–H and O–H groups in total. The number of aliphatic imine (C=N–C) groups is 2. The summed E-state index contributed by atoms with van der Waals surface area (Å²) >= 11 is 0. The van der Waals surface area contributed by atoms with Gasteiger partial charge in [-0.1, -0.05) is 133 Å². The lowest BCUT2D eigenvalue weighted by Crippen LogP contribution is -2.33. The van der Waals surface area contributed by atoms with Crippen LogP contribution in [0.15, 0.2) is 183 Å². The van der Waals surface area contributed by atoms with Gasteiger partial charge in [0.15, 0.2) is 5.84 Å². The maximum atomic E-state index is 6.74. The van der Waals surface area contributed by atoms with Gasteiger partial charge in [0.25, 0.3) is 0 Å². The molecule has 5 nitrogen and oxygen atoms in total. The molecule has 0 radical (unpaired) electrons. The van der Waals surface area contributed by atoms with Crippen LogP contribution < -0.4 is 5.32 Å². The van der Waals surface area contributed by atoms with Crippen LogP contribution in [-0.2, 0) is 0 Å². The van der Waals surface area contributed by atoms with Crippen LogP contribution in [0.1, 0.15) is 22.9 Å². The van der Waals surface area contributed by atoms with Crippen LogP contribution in [0, 0.1) is 0 Å². The SMILES string of the molecule is c1ccc(C2=NC(c3cccc4oc5c(-c6ccc7oc8ccccc8c7c6)cccc5c34)=NC(c3cc4ccccc4c4ccccc34)N2)cc1. The van der Waals surface area contributed by atoms with E-state index in [1.54, 1.807) is 0 Å². The highest BCUT2D eigenvalue weighted by Gasteiger charge is 2.26. The maximum absolute atomic E-state index is 6.74. The fraction of sp³-hybridized carbons (Fsp3) is 0.0213. The third kappa shape index (κ3) is 4.42. The highest BCUT2D eigenvalue weighted by Crippen LogP contribution is 2.41. The van der Waals surface area contributed by atoms with Crippen molar-refractivity contribution in [2.75, 3.05) is 0 Å². The van der Waals surface area contributed by atoms with Gasteiger partial charge in [0.2, 0.25) is 0 Å². The monoisotopic (exact) mass is 667 g/mol. The van der Waals surface area contributed by atoms with Crippen molar-refractivity contribution in [3.8, 4) is 11.1 Å². The van der Waals surface area contributed by atoms with Gasteiger partial charge in [-0.3, -0.25) is 0 Å². The van der Waals surface area contributed by atoms with E-state index < -0.39 is 0 Å². The number of para-hydroxylation sites is 2. The van der Waals surface area contributed by atoms with Crippen LogP contribution in [0.25, 0.3) is 76.5 Å². The van der Waals surface area contributed by atoms with E-state index in [1.807, 2.05) is 48.5 Å². The van der Waals surface area contributed by atoms with E-state index in [0.717, 1.165) is 82.9 Å². The third-order valence-electron chi connectivity index (χ3n) is 10.3. The lowest BCUT2D eigenvalue weighted by Gasteiger charge is -2.25. The van der Waals surface area contributed by atoms with E-state index in [9.17, 15) is 0 Å². The van der Waals surface area contributed by atoms with Crippen LogP contribution in [0.4, 0.5) is 0 Å². The minimum absolute atomic E-state index is 0.377. The first-order chi connectivity index (χ1) is 25.8. The first kappa shape index (κ1) is 28.8. The topological polar surface area (TPSA) is 63.0 Å². The van der Waals surface area contributed by atoms with Gasteiger partial charge in [-0.25, -0.2) is 9.98 Å². The van der Waals surface area contributed by atoms with E-state index in [0.29, 0.717) is 5.84 Å². The Hall–Kier alpha value is -6.98. The Kier molecular flexibility index (Phi) is 6.25. The van der Waals surface area contributed by atoms with Gasteiger partial charge in [0.1, 0.15) is 34.3 Å². The highest BCUT2D eigenvalue weighted by molar-refractivity contribution is 6.23. The summed E-state index contributed by atoms with van der Waals surface area (Å²) in [5, 5.41) is 12.7. The molecule has 0 saturated heterocycles. The predicted octanol–water partition coefficient (Wildman–Crippen LogP) is 12.0. The molecule has 1 unspecified atom stereocenters. The Labute approximate surface area is 298 Å². The summed E-state index contributed by atoms with van der Waals surface area (Å²) in [6, 6.07) is 56.8. The summed E-state index contributed by atoms with van der Waals surface area (Å²) < 4.78 is 12.9. The summed E-state index contributed by atoms with van der Waals surface area (Å²) in [6.45, 7) is 0. The molecule has 1 aliphatic heterocycles. The van der Waals surface area contributed by atoms with Gasteiger partial charge in [0, 0.05) is 43.8 Å². The average Bonchev–Trinajstić information content (AvgIpc) is 3.79. The van der Waals surface area contributed by atoms with Gasteiger partial charge in [-0.05, 0) is 57.4 Å². The minimum atomic E-state index is -0.377. The Balaban J connectivity index is 1.12. The van der Waals surface area contributed by atoms with Gasteiger partial charge < -0.3 is 14.2 Å². The summed E-state index contributed by atoms with van der Waals surface area (Å²) in [5.74, 6) is 1.43. The Morgan fingerprint density at radius 2 is 1.15 bits per heavy atom. The van der Waals surface area contributed by atoms with Crippen molar-refractivity contribution in [3.63, 3.8) is 0 Å². The Bertz CT molecular complexity index is 3110. The standard InChI is InChI=1S/C47H29N3O2/c1-2-12-28(13-3-1)45-48-46(50-47(49-45)39-27-29-14-4-5-15-31(29)33-16-6-7-17-34(33)39)37-21-11-23-42-43(37)36-20-10-19-32(44(36)52-42)30-24-25-41-38(26-30)35-18-8-9-22-40(35)51-41/h1-27,47H,(H,48,49,50). The van der Waals surface area contributed by atoms with E-state index in [2.05, 4.69) is 121 Å². The molecule has 0 saturated carbocycles. The molecule has 0 amide bonds. The number of benzene rings is 8. The lowest BCUT2D eigenvalue weighted by atomic mass is 9.95. The molecule has 244 valence electrons. The molecule has 0 aliphatic carbocycles. The largest absolute Gasteiger partial charge is 0.456 e. The molecule has 11 rings (SSSR count). The highest BCUT2D eigenvalue weighted by atomic mass is 16.3. The van der Waals surface area contributed by atoms with Crippen molar-refractivity contribution in [1.82, 2.24) is 5.32 Å². The molecule has 52 heavy (non-hydrogen) atoms. The second-order valence-corrected chi connectivity index (χ2v) is 13.3. The normalized spacial score (nSPS) is 14.7. The molecule has 3 heterocycles. The summed E-state index contributed by atoms with van der Waals surface area (Å²) in [5.41, 5.74) is 8.49. The van der Waals surface area contributed by atoms with Crippen LogP contribution in [0.3, 0.4) is 0 Å². The van der Waals surface area contributed by atoms with Crippen LogP contribution in [-0.4, -0.2) is 11.7 Å². The molecule has 2 aromatic heterocycles. The van der Waals surface area contributed by atoms with Gasteiger partial charge in [-0.2, -0.15) is 0 Å². The van der Waals surface area contributed by atoms with Crippen molar-refractivity contribution in [3.05, 3.63) is 180 Å². The quantitative estimate of drug-likeness (QED) is 0.190. The fourth-order valence-corrected chi connectivity index (χ4v) is 7.94. The molecular weight excluding hydrogens is 639 g/mol. The zero-order chi connectivity index (χ0) is 34.2. The van der Waals surface area contributed by atoms with Crippen LogP contribution >= 0.6 is 0 Å². The molecule has 8 aromatic carbocycles. The smallest absolute Gasteiger partial charge is 0.160 e. The van der Waals surface area contributed by atoms with Crippen molar-refractivity contribution >= 4 is 77.1 Å². The average molecular weight is 668 g/mol. The summed E-state index contributed by atoms with van der Waals surface area (Å²) in [7, 11) is 0. The number of hydrogen-bond donors (Lipinski definition) is 1. The summed E-state index contributed by atoms with van der Waals surface area (Å²) in [6.07, 6.45) is -0.377. The molecule has 0 spiro atoms. The first-order valence-electron chi connectivity index (χ1n) is 17.5. The van der Waals surface area contributed by atoms with Gasteiger partial charge in [0.05, 0.1) is 0 Å².